The largest absolute Gasteiger partial charge is 0.463 e. The Hall–Kier alpha value is -3.66. The summed E-state index contributed by atoms with van der Waals surface area (Å²) in [5.74, 6) is -1.46. The van der Waals surface area contributed by atoms with Gasteiger partial charge in [0, 0.05) is 5.56 Å². The molecule has 2 atom stereocenters. The summed E-state index contributed by atoms with van der Waals surface area (Å²) >= 11 is 0. The number of hydrogen-bond acceptors (Lipinski definition) is 4. The summed E-state index contributed by atoms with van der Waals surface area (Å²) in [6.07, 6.45) is -0.592. The second kappa shape index (κ2) is 9.65. The van der Waals surface area contributed by atoms with E-state index in [1.54, 1.807) is 6.92 Å². The molecule has 0 saturated carbocycles. The van der Waals surface area contributed by atoms with E-state index in [1.165, 1.54) is 0 Å². The first-order chi connectivity index (χ1) is 15.6. The highest BCUT2D eigenvalue weighted by atomic mass is 16.6. The Morgan fingerprint density at radius 1 is 0.750 bits per heavy atom. The van der Waals surface area contributed by atoms with Gasteiger partial charge in [-0.05, 0) is 46.5 Å². The van der Waals surface area contributed by atoms with E-state index in [2.05, 4.69) is 6.07 Å². The van der Waals surface area contributed by atoms with Gasteiger partial charge in [0.15, 0.2) is 0 Å². The SMILES string of the molecule is CCOC(=O)[C@@H](OC(=O)[C@H](CC)c1ccccc1)c1c2ccccc2cc2ccccc12. The number of carbonyl (C=O) groups excluding carboxylic acids is 2. The molecule has 162 valence electrons. The highest BCUT2D eigenvalue weighted by Crippen LogP contribution is 2.36. The van der Waals surface area contributed by atoms with E-state index in [4.69, 9.17) is 9.47 Å². The number of esters is 2. The van der Waals surface area contributed by atoms with Crippen LogP contribution in [-0.2, 0) is 19.1 Å². The van der Waals surface area contributed by atoms with Crippen molar-refractivity contribution < 1.29 is 19.1 Å². The molecule has 32 heavy (non-hydrogen) atoms. The van der Waals surface area contributed by atoms with Crippen molar-refractivity contribution >= 4 is 33.5 Å². The third kappa shape index (κ3) is 4.22. The Labute approximate surface area is 187 Å². The van der Waals surface area contributed by atoms with Crippen LogP contribution in [0, 0.1) is 0 Å². The molecule has 4 nitrogen and oxygen atoms in total. The average Bonchev–Trinajstić information content (AvgIpc) is 2.82. The van der Waals surface area contributed by atoms with Gasteiger partial charge in [0.05, 0.1) is 12.5 Å². The molecular formula is C28H26O4. The highest BCUT2D eigenvalue weighted by Gasteiger charge is 2.32. The maximum absolute atomic E-state index is 13.3. The van der Waals surface area contributed by atoms with E-state index in [9.17, 15) is 9.59 Å². The molecule has 0 aromatic heterocycles. The predicted molar refractivity (Wildman–Crippen MR) is 126 cm³/mol. The van der Waals surface area contributed by atoms with Crippen molar-refractivity contribution in [2.24, 2.45) is 0 Å². The first kappa shape index (κ1) is 21.6. The lowest BCUT2D eigenvalue weighted by atomic mass is 9.92. The fourth-order valence-electron chi connectivity index (χ4n) is 4.20. The fourth-order valence-corrected chi connectivity index (χ4v) is 4.20. The number of ether oxygens (including phenoxy) is 2. The quantitative estimate of drug-likeness (QED) is 0.256. The molecule has 0 aliphatic rings. The number of carbonyl (C=O) groups is 2. The molecule has 0 amide bonds. The van der Waals surface area contributed by atoms with Gasteiger partial charge in [-0.15, -0.1) is 0 Å². The molecule has 0 aliphatic heterocycles. The first-order valence-corrected chi connectivity index (χ1v) is 11.0. The molecule has 0 bridgehead atoms. The molecule has 0 heterocycles. The number of rotatable bonds is 7. The molecule has 4 aromatic carbocycles. The average molecular weight is 427 g/mol. The third-order valence-electron chi connectivity index (χ3n) is 5.70. The lowest BCUT2D eigenvalue weighted by Gasteiger charge is -2.23. The van der Waals surface area contributed by atoms with E-state index in [1.807, 2.05) is 85.8 Å². The summed E-state index contributed by atoms with van der Waals surface area (Å²) < 4.78 is 11.3. The summed E-state index contributed by atoms with van der Waals surface area (Å²) in [7, 11) is 0. The summed E-state index contributed by atoms with van der Waals surface area (Å²) in [5.41, 5.74) is 1.53. The number of hydrogen-bond donors (Lipinski definition) is 0. The molecule has 0 unspecified atom stereocenters. The molecule has 0 spiro atoms. The van der Waals surface area contributed by atoms with Crippen molar-refractivity contribution in [2.45, 2.75) is 32.3 Å². The Kier molecular flexibility index (Phi) is 6.50. The normalized spacial score (nSPS) is 12.9. The molecule has 4 rings (SSSR count). The third-order valence-corrected chi connectivity index (χ3v) is 5.70. The number of benzene rings is 4. The van der Waals surface area contributed by atoms with Crippen LogP contribution in [0.2, 0.25) is 0 Å². The van der Waals surface area contributed by atoms with Crippen LogP contribution in [0.1, 0.15) is 43.4 Å². The van der Waals surface area contributed by atoms with Crippen LogP contribution in [0.3, 0.4) is 0 Å². The standard InChI is InChI=1S/C28H26O4/c1-3-22(19-12-6-5-7-13-19)27(29)32-26(28(30)31-4-2)25-23-16-10-8-14-20(23)18-21-15-9-11-17-24(21)25/h5-18,22,26H,3-4H2,1-2H3/t22-,26+/m1/s1. The molecule has 0 radical (unpaired) electrons. The molecule has 0 fully saturated rings. The van der Waals surface area contributed by atoms with Crippen LogP contribution in [0.25, 0.3) is 21.5 Å². The van der Waals surface area contributed by atoms with Gasteiger partial charge < -0.3 is 9.47 Å². The monoisotopic (exact) mass is 426 g/mol. The summed E-state index contributed by atoms with van der Waals surface area (Å²) in [5, 5.41) is 3.68. The second-order valence-electron chi connectivity index (χ2n) is 7.67. The van der Waals surface area contributed by atoms with E-state index in [-0.39, 0.29) is 6.61 Å². The minimum absolute atomic E-state index is 0.200. The highest BCUT2D eigenvalue weighted by molar-refractivity contribution is 6.05. The molecule has 4 aromatic rings. The Morgan fingerprint density at radius 3 is 1.88 bits per heavy atom. The molecule has 0 N–H and O–H groups in total. The van der Waals surface area contributed by atoms with Gasteiger partial charge in [-0.25, -0.2) is 4.79 Å². The van der Waals surface area contributed by atoms with Gasteiger partial charge in [-0.2, -0.15) is 0 Å². The summed E-state index contributed by atoms with van der Waals surface area (Å²) in [4.78, 5) is 26.4. The van der Waals surface area contributed by atoms with Gasteiger partial charge >= 0.3 is 11.9 Å². The van der Waals surface area contributed by atoms with Gasteiger partial charge in [-0.3, -0.25) is 4.79 Å². The van der Waals surface area contributed by atoms with Crippen molar-refractivity contribution in [1.82, 2.24) is 0 Å². The zero-order chi connectivity index (χ0) is 22.5. The van der Waals surface area contributed by atoms with Crippen molar-refractivity contribution in [3.63, 3.8) is 0 Å². The lowest BCUT2D eigenvalue weighted by molar-refractivity contribution is -0.169. The van der Waals surface area contributed by atoms with Gasteiger partial charge in [0.2, 0.25) is 6.10 Å². The van der Waals surface area contributed by atoms with Crippen molar-refractivity contribution in [3.05, 3.63) is 96.1 Å². The minimum Gasteiger partial charge on any atom is -0.463 e. The van der Waals surface area contributed by atoms with Crippen molar-refractivity contribution in [2.75, 3.05) is 6.61 Å². The van der Waals surface area contributed by atoms with E-state index in [0.29, 0.717) is 12.0 Å². The lowest BCUT2D eigenvalue weighted by Crippen LogP contribution is -2.25. The van der Waals surface area contributed by atoms with E-state index < -0.39 is 24.0 Å². The topological polar surface area (TPSA) is 52.6 Å². The minimum atomic E-state index is -1.16. The van der Waals surface area contributed by atoms with Crippen LogP contribution < -0.4 is 0 Å². The summed E-state index contributed by atoms with van der Waals surface area (Å²) in [6.45, 7) is 3.88. The van der Waals surface area contributed by atoms with Crippen LogP contribution >= 0.6 is 0 Å². The number of fused-ring (bicyclic) bond motifs is 2. The maximum Gasteiger partial charge on any atom is 0.352 e. The van der Waals surface area contributed by atoms with Gasteiger partial charge in [-0.1, -0.05) is 85.8 Å². The zero-order valence-electron chi connectivity index (χ0n) is 18.3. The zero-order valence-corrected chi connectivity index (χ0v) is 18.3. The Bertz CT molecular complexity index is 1190. The molecule has 0 aliphatic carbocycles. The van der Waals surface area contributed by atoms with Crippen LogP contribution in [0.5, 0.6) is 0 Å². The maximum atomic E-state index is 13.3. The molecule has 0 saturated heterocycles. The molecule has 4 heteroatoms. The van der Waals surface area contributed by atoms with Gasteiger partial charge in [0.25, 0.3) is 0 Å². The second-order valence-corrected chi connectivity index (χ2v) is 7.67. The fraction of sp³-hybridized carbons (Fsp3) is 0.214. The Morgan fingerprint density at radius 2 is 1.31 bits per heavy atom. The van der Waals surface area contributed by atoms with Crippen LogP contribution in [0.15, 0.2) is 84.9 Å². The van der Waals surface area contributed by atoms with E-state index in [0.717, 1.165) is 27.1 Å². The van der Waals surface area contributed by atoms with Crippen LogP contribution in [0.4, 0.5) is 0 Å². The van der Waals surface area contributed by atoms with E-state index >= 15 is 0 Å². The van der Waals surface area contributed by atoms with Crippen molar-refractivity contribution in [1.29, 1.82) is 0 Å². The van der Waals surface area contributed by atoms with Crippen LogP contribution in [-0.4, -0.2) is 18.5 Å². The Balaban J connectivity index is 1.85. The summed E-state index contributed by atoms with van der Waals surface area (Å²) in [6, 6.07) is 27.2. The van der Waals surface area contributed by atoms with Gasteiger partial charge in [0.1, 0.15) is 0 Å². The smallest absolute Gasteiger partial charge is 0.352 e. The first-order valence-electron chi connectivity index (χ1n) is 11.0. The predicted octanol–water partition coefficient (Wildman–Crippen LogP) is 6.33. The van der Waals surface area contributed by atoms with Crippen molar-refractivity contribution in [3.8, 4) is 0 Å². The molecular weight excluding hydrogens is 400 g/mol.